The molecular formula is C20H27N4O4S+. The quantitative estimate of drug-likeness (QED) is 0.395. The number of ether oxygens (including phenoxy) is 3. The van der Waals surface area contributed by atoms with Gasteiger partial charge in [-0.2, -0.15) is 9.78 Å². The Labute approximate surface area is 175 Å². The molecule has 9 heteroatoms. The van der Waals surface area contributed by atoms with Gasteiger partial charge < -0.3 is 23.7 Å². The van der Waals surface area contributed by atoms with Gasteiger partial charge in [-0.15, -0.1) is 6.58 Å². The van der Waals surface area contributed by atoms with E-state index in [2.05, 4.69) is 11.7 Å². The topological polar surface area (TPSA) is 72.0 Å². The number of nitrogens with one attached hydrogen (secondary N) is 1. The first kappa shape index (κ1) is 21.1. The van der Waals surface area contributed by atoms with E-state index in [9.17, 15) is 4.79 Å². The summed E-state index contributed by atoms with van der Waals surface area (Å²) in [6, 6.07) is 3.87. The van der Waals surface area contributed by atoms with Crippen LogP contribution < -0.4 is 14.4 Å². The summed E-state index contributed by atoms with van der Waals surface area (Å²) in [6.07, 6.45) is 4.61. The van der Waals surface area contributed by atoms with E-state index in [1.807, 2.05) is 16.7 Å². The van der Waals surface area contributed by atoms with Crippen LogP contribution in [0.3, 0.4) is 0 Å². The Morgan fingerprint density at radius 2 is 2.07 bits per heavy atom. The molecule has 1 aromatic carbocycles. The minimum Gasteiger partial charge on any atom is -0.493 e. The highest BCUT2D eigenvalue weighted by Gasteiger charge is 2.35. The monoisotopic (exact) mass is 419 g/mol. The normalized spacial score (nSPS) is 18.0. The van der Waals surface area contributed by atoms with Crippen LogP contribution in [0.2, 0.25) is 0 Å². The molecule has 1 aliphatic rings. The molecular weight excluding hydrogens is 392 g/mol. The molecule has 1 unspecified atom stereocenters. The minimum absolute atomic E-state index is 0.0996. The minimum atomic E-state index is -0.254. The van der Waals surface area contributed by atoms with E-state index < -0.39 is 0 Å². The lowest BCUT2D eigenvalue weighted by Gasteiger charge is -2.34. The molecule has 0 radical (unpaired) electrons. The predicted molar refractivity (Wildman–Crippen MR) is 110 cm³/mol. The standard InChI is InChI=1S/C20H26N4O4S/c1-5-7-22-12-21-24(20(22)29)13-23-8-6-14-9-17(26-2)18(27-3)10-15(14)16(23)11-19(25)28-4/h5,9-10,12,16H,1,6-8,11,13H2,2-4H3/p+1/t16-/m1/s1. The number of carbonyl (C=O) groups is 1. The second kappa shape index (κ2) is 9.23. The molecule has 29 heavy (non-hydrogen) atoms. The maximum absolute atomic E-state index is 12.2. The lowest BCUT2D eigenvalue weighted by Crippen LogP contribution is -3.12. The highest BCUT2D eigenvalue weighted by atomic mass is 32.1. The van der Waals surface area contributed by atoms with Crippen molar-refractivity contribution in [2.75, 3.05) is 27.9 Å². The summed E-state index contributed by atoms with van der Waals surface area (Å²) in [6.45, 7) is 5.75. The third kappa shape index (κ3) is 4.35. The Kier molecular flexibility index (Phi) is 6.71. The number of benzene rings is 1. The SMILES string of the molecule is C=CCn1cnn(C[NH+]2CCc3cc(OC)c(OC)cc3[C@H]2CC(=O)OC)c1=S. The van der Waals surface area contributed by atoms with E-state index in [1.54, 1.807) is 31.3 Å². The van der Waals surface area contributed by atoms with Crippen LogP contribution in [0.15, 0.2) is 31.1 Å². The van der Waals surface area contributed by atoms with Crippen molar-refractivity contribution in [2.45, 2.75) is 32.1 Å². The first-order chi connectivity index (χ1) is 14.0. The van der Waals surface area contributed by atoms with E-state index >= 15 is 0 Å². The Hall–Kier alpha value is -2.65. The average Bonchev–Trinajstić information content (AvgIpc) is 3.08. The summed E-state index contributed by atoms with van der Waals surface area (Å²) in [5, 5.41) is 4.43. The Morgan fingerprint density at radius 1 is 1.34 bits per heavy atom. The molecule has 156 valence electrons. The highest BCUT2D eigenvalue weighted by Crippen LogP contribution is 2.35. The van der Waals surface area contributed by atoms with Crippen molar-refractivity contribution in [1.82, 2.24) is 14.3 Å². The first-order valence-corrected chi connectivity index (χ1v) is 9.82. The fraction of sp³-hybridized carbons (Fsp3) is 0.450. The first-order valence-electron chi connectivity index (χ1n) is 9.41. The molecule has 8 nitrogen and oxygen atoms in total. The number of esters is 1. The average molecular weight is 420 g/mol. The fourth-order valence-corrected chi connectivity index (χ4v) is 4.03. The number of rotatable bonds is 8. The van der Waals surface area contributed by atoms with Gasteiger partial charge in [-0.25, -0.2) is 0 Å². The molecule has 0 saturated heterocycles. The Balaban J connectivity index is 1.96. The maximum atomic E-state index is 12.2. The second-order valence-electron chi connectivity index (χ2n) is 6.91. The third-order valence-electron chi connectivity index (χ3n) is 5.30. The number of aromatic nitrogens is 3. The van der Waals surface area contributed by atoms with E-state index in [0.29, 0.717) is 29.5 Å². The molecule has 3 rings (SSSR count). The highest BCUT2D eigenvalue weighted by molar-refractivity contribution is 7.71. The van der Waals surface area contributed by atoms with Gasteiger partial charge >= 0.3 is 5.97 Å². The summed E-state index contributed by atoms with van der Waals surface area (Å²) < 4.78 is 20.2. The largest absolute Gasteiger partial charge is 0.493 e. The zero-order valence-electron chi connectivity index (χ0n) is 17.0. The van der Waals surface area contributed by atoms with Crippen LogP contribution in [0.25, 0.3) is 0 Å². The van der Waals surface area contributed by atoms with Crippen LogP contribution in [0.1, 0.15) is 23.6 Å². The van der Waals surface area contributed by atoms with E-state index in [-0.39, 0.29) is 18.4 Å². The zero-order chi connectivity index (χ0) is 21.0. The van der Waals surface area contributed by atoms with Gasteiger partial charge in [0.25, 0.3) is 0 Å². The van der Waals surface area contributed by atoms with Gasteiger partial charge in [0.1, 0.15) is 18.8 Å². The van der Waals surface area contributed by atoms with Crippen molar-refractivity contribution in [1.29, 1.82) is 0 Å². The number of hydrogen-bond acceptors (Lipinski definition) is 6. The molecule has 0 spiro atoms. The molecule has 2 aromatic rings. The van der Waals surface area contributed by atoms with Gasteiger partial charge in [0.05, 0.1) is 27.9 Å². The van der Waals surface area contributed by atoms with Crippen LogP contribution in [0.5, 0.6) is 11.5 Å². The van der Waals surface area contributed by atoms with Gasteiger partial charge in [-0.05, 0) is 29.9 Å². The number of allylic oxidation sites excluding steroid dienone is 1. The van der Waals surface area contributed by atoms with Crippen LogP contribution in [0, 0.1) is 4.77 Å². The molecule has 1 N–H and O–H groups in total. The summed E-state index contributed by atoms with van der Waals surface area (Å²) in [4.78, 5) is 13.4. The third-order valence-corrected chi connectivity index (χ3v) is 5.75. The van der Waals surface area contributed by atoms with Crippen molar-refractivity contribution in [3.63, 3.8) is 0 Å². The number of hydrogen-bond donors (Lipinski definition) is 1. The summed E-state index contributed by atoms with van der Waals surface area (Å²) in [7, 11) is 4.64. The van der Waals surface area contributed by atoms with Crippen molar-refractivity contribution in [2.24, 2.45) is 0 Å². The number of fused-ring (bicyclic) bond motifs is 1. The molecule has 0 saturated carbocycles. The summed E-state index contributed by atoms with van der Waals surface area (Å²) in [5.74, 6) is 1.09. The number of quaternary nitrogens is 1. The Morgan fingerprint density at radius 3 is 2.72 bits per heavy atom. The molecule has 2 atom stereocenters. The lowest BCUT2D eigenvalue weighted by atomic mass is 9.90. The molecule has 1 aromatic heterocycles. The predicted octanol–water partition coefficient (Wildman–Crippen LogP) is 1.32. The van der Waals surface area contributed by atoms with Gasteiger partial charge in [0.15, 0.2) is 18.2 Å². The van der Waals surface area contributed by atoms with Gasteiger partial charge in [-0.1, -0.05) is 6.08 Å². The van der Waals surface area contributed by atoms with Crippen LogP contribution in [0.4, 0.5) is 0 Å². The second-order valence-corrected chi connectivity index (χ2v) is 7.27. The van der Waals surface area contributed by atoms with Crippen molar-refractivity contribution in [3.8, 4) is 11.5 Å². The van der Waals surface area contributed by atoms with Crippen LogP contribution in [-0.4, -0.2) is 48.2 Å². The molecule has 0 amide bonds. The molecule has 2 heterocycles. The van der Waals surface area contributed by atoms with Crippen LogP contribution >= 0.6 is 12.2 Å². The molecule has 1 aliphatic heterocycles. The maximum Gasteiger partial charge on any atom is 0.311 e. The zero-order valence-corrected chi connectivity index (χ0v) is 17.8. The smallest absolute Gasteiger partial charge is 0.311 e. The number of carbonyl (C=O) groups excluding carboxylic acids is 1. The van der Waals surface area contributed by atoms with E-state index in [1.165, 1.54) is 12.0 Å². The molecule has 0 bridgehead atoms. The van der Waals surface area contributed by atoms with Crippen molar-refractivity contribution >= 4 is 18.2 Å². The van der Waals surface area contributed by atoms with Crippen LogP contribution in [-0.2, 0) is 29.2 Å². The molecule has 0 aliphatic carbocycles. The Bertz CT molecular complexity index is 952. The fourth-order valence-electron chi connectivity index (χ4n) is 3.80. The van der Waals surface area contributed by atoms with Gasteiger partial charge in [0, 0.05) is 18.5 Å². The molecule has 0 fully saturated rings. The van der Waals surface area contributed by atoms with E-state index in [4.69, 9.17) is 26.4 Å². The van der Waals surface area contributed by atoms with Crippen molar-refractivity contribution < 1.29 is 23.9 Å². The van der Waals surface area contributed by atoms with Crippen molar-refractivity contribution in [3.05, 3.63) is 47.0 Å². The summed E-state index contributed by atoms with van der Waals surface area (Å²) >= 11 is 5.53. The van der Waals surface area contributed by atoms with Gasteiger partial charge in [-0.3, -0.25) is 4.79 Å². The lowest BCUT2D eigenvalue weighted by molar-refractivity contribution is -0.955. The summed E-state index contributed by atoms with van der Waals surface area (Å²) in [5.41, 5.74) is 2.22. The van der Waals surface area contributed by atoms with E-state index in [0.717, 1.165) is 24.1 Å². The van der Waals surface area contributed by atoms with Gasteiger partial charge in [0.2, 0.25) is 4.77 Å². The number of nitrogens with zero attached hydrogens (tertiary/aromatic N) is 3. The number of methoxy groups -OCH3 is 3.